The summed E-state index contributed by atoms with van der Waals surface area (Å²) in [6, 6.07) is 1.70. The van der Waals surface area contributed by atoms with Crippen LogP contribution in [0.25, 0.3) is 11.0 Å². The van der Waals surface area contributed by atoms with E-state index < -0.39 is 0 Å². The second kappa shape index (κ2) is 4.50. The number of rotatable bonds is 3. The Labute approximate surface area is 98.6 Å². The zero-order valence-electron chi connectivity index (χ0n) is 9.82. The normalized spacial score (nSPS) is 12.6. The van der Waals surface area contributed by atoms with Crippen LogP contribution in [0.4, 0.5) is 5.69 Å². The smallest absolute Gasteiger partial charge is 0.225 e. The molecule has 2 rings (SSSR count). The molecule has 90 valence electrons. The Balaban J connectivity index is 2.19. The molecule has 0 radical (unpaired) electrons. The summed E-state index contributed by atoms with van der Waals surface area (Å²) in [6.07, 6.45) is 1.88. The fourth-order valence-electron chi connectivity index (χ4n) is 1.59. The molecule has 2 heterocycles. The van der Waals surface area contributed by atoms with E-state index in [1.54, 1.807) is 13.1 Å². The Morgan fingerprint density at radius 3 is 3.12 bits per heavy atom. The van der Waals surface area contributed by atoms with E-state index in [9.17, 15) is 4.79 Å². The van der Waals surface area contributed by atoms with Crippen molar-refractivity contribution in [1.82, 2.24) is 15.2 Å². The maximum Gasteiger partial charge on any atom is 0.225 e. The summed E-state index contributed by atoms with van der Waals surface area (Å²) in [5.74, 6) is -0.109. The maximum atomic E-state index is 11.5. The van der Waals surface area contributed by atoms with Gasteiger partial charge in [0.05, 0.1) is 11.9 Å². The van der Waals surface area contributed by atoms with Gasteiger partial charge in [0.2, 0.25) is 5.91 Å². The van der Waals surface area contributed by atoms with E-state index in [4.69, 9.17) is 5.73 Å². The molecule has 0 saturated carbocycles. The van der Waals surface area contributed by atoms with Crippen molar-refractivity contribution < 1.29 is 4.79 Å². The molecule has 0 fully saturated rings. The number of aromatic nitrogens is 3. The highest BCUT2D eigenvalue weighted by atomic mass is 16.1. The zero-order valence-corrected chi connectivity index (χ0v) is 9.82. The Morgan fingerprint density at radius 1 is 1.65 bits per heavy atom. The second-order valence-corrected chi connectivity index (χ2v) is 4.17. The fraction of sp³-hybridized carbons (Fsp3) is 0.364. The molecule has 0 aliphatic carbocycles. The predicted octanol–water partition coefficient (Wildman–Crippen LogP) is 0.942. The number of H-pyrrole nitrogens is 1. The van der Waals surface area contributed by atoms with Crippen molar-refractivity contribution >= 4 is 22.6 Å². The largest absolute Gasteiger partial charge is 0.327 e. The number of pyridine rings is 1. The summed E-state index contributed by atoms with van der Waals surface area (Å²) < 4.78 is 0. The van der Waals surface area contributed by atoms with Crippen molar-refractivity contribution in [3.63, 3.8) is 0 Å². The molecule has 1 atom stereocenters. The third kappa shape index (κ3) is 2.59. The number of amides is 1. The molecule has 0 spiro atoms. The van der Waals surface area contributed by atoms with Crippen molar-refractivity contribution in [2.45, 2.75) is 26.3 Å². The minimum atomic E-state index is -0.151. The fourth-order valence-corrected chi connectivity index (χ4v) is 1.59. The summed E-state index contributed by atoms with van der Waals surface area (Å²) in [7, 11) is 0. The average molecular weight is 233 g/mol. The van der Waals surface area contributed by atoms with E-state index in [1.807, 2.05) is 13.0 Å². The van der Waals surface area contributed by atoms with E-state index in [0.29, 0.717) is 17.8 Å². The maximum absolute atomic E-state index is 11.5. The first-order chi connectivity index (χ1) is 8.06. The number of hydrogen-bond acceptors (Lipinski definition) is 4. The van der Waals surface area contributed by atoms with Gasteiger partial charge in [-0.3, -0.25) is 9.89 Å². The van der Waals surface area contributed by atoms with Crippen molar-refractivity contribution in [2.24, 2.45) is 5.73 Å². The topological polar surface area (TPSA) is 96.7 Å². The summed E-state index contributed by atoms with van der Waals surface area (Å²) in [5, 5.41) is 10.5. The predicted molar refractivity (Wildman–Crippen MR) is 65.5 cm³/mol. The number of anilines is 1. The minimum Gasteiger partial charge on any atom is -0.327 e. The van der Waals surface area contributed by atoms with Crippen LogP contribution in [0.15, 0.2) is 12.3 Å². The van der Waals surface area contributed by atoms with Gasteiger partial charge in [-0.05, 0) is 19.9 Å². The van der Waals surface area contributed by atoms with Gasteiger partial charge < -0.3 is 11.1 Å². The van der Waals surface area contributed by atoms with Crippen LogP contribution in [0.3, 0.4) is 0 Å². The van der Waals surface area contributed by atoms with E-state index in [-0.39, 0.29) is 11.9 Å². The lowest BCUT2D eigenvalue weighted by Gasteiger charge is -2.06. The molecule has 4 N–H and O–H groups in total. The van der Waals surface area contributed by atoms with Gasteiger partial charge in [0, 0.05) is 23.5 Å². The Hall–Kier alpha value is -1.95. The lowest BCUT2D eigenvalue weighted by atomic mass is 10.2. The van der Waals surface area contributed by atoms with E-state index in [0.717, 1.165) is 11.1 Å². The summed E-state index contributed by atoms with van der Waals surface area (Å²) in [4.78, 5) is 15.7. The summed E-state index contributed by atoms with van der Waals surface area (Å²) in [5.41, 5.74) is 7.79. The highest BCUT2D eigenvalue weighted by Crippen LogP contribution is 2.17. The van der Waals surface area contributed by atoms with Gasteiger partial charge in [-0.2, -0.15) is 5.10 Å². The quantitative estimate of drug-likeness (QED) is 0.735. The van der Waals surface area contributed by atoms with Crippen LogP contribution in [0.1, 0.15) is 19.0 Å². The first kappa shape index (κ1) is 11.5. The molecule has 1 unspecified atom stereocenters. The number of aromatic amines is 1. The SMILES string of the molecule is Cc1[nH]nc2ncc(NC(=O)CC(C)N)cc12. The standard InChI is InChI=1S/C11H15N5O/c1-6(12)3-10(17)14-8-4-9-7(2)15-16-11(9)13-5-8/h4-6H,3,12H2,1-2H3,(H,14,17)(H,13,15,16). The molecule has 17 heavy (non-hydrogen) atoms. The van der Waals surface area contributed by atoms with Gasteiger partial charge in [0.15, 0.2) is 5.65 Å². The van der Waals surface area contributed by atoms with Crippen LogP contribution in [-0.4, -0.2) is 27.1 Å². The third-order valence-electron chi connectivity index (χ3n) is 2.39. The lowest BCUT2D eigenvalue weighted by molar-refractivity contribution is -0.116. The van der Waals surface area contributed by atoms with Crippen LogP contribution >= 0.6 is 0 Å². The Bertz CT molecular complexity index is 546. The minimum absolute atomic E-state index is 0.109. The molecule has 0 aliphatic heterocycles. The van der Waals surface area contributed by atoms with Crippen LogP contribution in [0.2, 0.25) is 0 Å². The summed E-state index contributed by atoms with van der Waals surface area (Å²) >= 11 is 0. The first-order valence-corrected chi connectivity index (χ1v) is 5.42. The van der Waals surface area contributed by atoms with E-state index in [1.165, 1.54) is 0 Å². The number of fused-ring (bicyclic) bond motifs is 1. The molecule has 0 aromatic carbocycles. The number of hydrogen-bond donors (Lipinski definition) is 3. The number of nitrogens with one attached hydrogen (secondary N) is 2. The molecule has 6 heteroatoms. The number of nitrogens with zero attached hydrogens (tertiary/aromatic N) is 2. The van der Waals surface area contributed by atoms with Crippen molar-refractivity contribution in [3.8, 4) is 0 Å². The van der Waals surface area contributed by atoms with Crippen LogP contribution in [0.5, 0.6) is 0 Å². The second-order valence-electron chi connectivity index (χ2n) is 4.17. The number of nitrogens with two attached hydrogens (primary N) is 1. The average Bonchev–Trinajstić information content (AvgIpc) is 2.59. The van der Waals surface area contributed by atoms with Gasteiger partial charge >= 0.3 is 0 Å². The molecule has 2 aromatic rings. The van der Waals surface area contributed by atoms with Gasteiger partial charge in [-0.25, -0.2) is 4.98 Å². The summed E-state index contributed by atoms with van der Waals surface area (Å²) in [6.45, 7) is 3.70. The molecule has 0 saturated heterocycles. The molecular weight excluding hydrogens is 218 g/mol. The Kier molecular flexibility index (Phi) is 3.06. The van der Waals surface area contributed by atoms with Crippen LogP contribution < -0.4 is 11.1 Å². The van der Waals surface area contributed by atoms with Crippen molar-refractivity contribution in [3.05, 3.63) is 18.0 Å². The zero-order chi connectivity index (χ0) is 12.4. The van der Waals surface area contributed by atoms with E-state index >= 15 is 0 Å². The molecular formula is C11H15N5O. The molecule has 2 aromatic heterocycles. The highest BCUT2D eigenvalue weighted by molar-refractivity contribution is 5.93. The number of carbonyl (C=O) groups is 1. The first-order valence-electron chi connectivity index (χ1n) is 5.42. The molecule has 6 nitrogen and oxygen atoms in total. The van der Waals surface area contributed by atoms with Crippen LogP contribution in [0, 0.1) is 6.92 Å². The van der Waals surface area contributed by atoms with Crippen LogP contribution in [-0.2, 0) is 4.79 Å². The molecule has 0 aliphatic rings. The van der Waals surface area contributed by atoms with Crippen molar-refractivity contribution in [1.29, 1.82) is 0 Å². The Morgan fingerprint density at radius 2 is 2.41 bits per heavy atom. The molecule has 1 amide bonds. The lowest BCUT2D eigenvalue weighted by Crippen LogP contribution is -2.24. The highest BCUT2D eigenvalue weighted by Gasteiger charge is 2.08. The monoisotopic (exact) mass is 233 g/mol. The van der Waals surface area contributed by atoms with Gasteiger partial charge in [-0.1, -0.05) is 0 Å². The third-order valence-corrected chi connectivity index (χ3v) is 2.39. The van der Waals surface area contributed by atoms with Crippen molar-refractivity contribution in [2.75, 3.05) is 5.32 Å². The van der Waals surface area contributed by atoms with Gasteiger partial charge in [-0.15, -0.1) is 0 Å². The number of carbonyl (C=O) groups excluding carboxylic acids is 1. The molecule has 0 bridgehead atoms. The number of aryl methyl sites for hydroxylation is 1. The van der Waals surface area contributed by atoms with Gasteiger partial charge in [0.25, 0.3) is 0 Å². The van der Waals surface area contributed by atoms with Gasteiger partial charge in [0.1, 0.15) is 0 Å². The van der Waals surface area contributed by atoms with E-state index in [2.05, 4.69) is 20.5 Å².